The lowest BCUT2D eigenvalue weighted by atomic mass is 9.87. The standard InChI is InChI=1S/C17H20FNO4/c18-12-3-1-10(2-4-12)15(20)11-5-7-19(8-6-11)16(21)13-9-14(13)17(22)23/h1-4,11,13-15,20H,5-9H2,(H,22,23). The summed E-state index contributed by atoms with van der Waals surface area (Å²) in [5, 5.41) is 19.3. The van der Waals surface area contributed by atoms with E-state index in [2.05, 4.69) is 0 Å². The van der Waals surface area contributed by atoms with Crippen molar-refractivity contribution >= 4 is 11.9 Å². The molecular weight excluding hydrogens is 301 g/mol. The number of aliphatic hydroxyl groups excluding tert-OH is 1. The van der Waals surface area contributed by atoms with Crippen LogP contribution in [0.4, 0.5) is 4.39 Å². The first-order valence-corrected chi connectivity index (χ1v) is 7.92. The summed E-state index contributed by atoms with van der Waals surface area (Å²) in [5.41, 5.74) is 0.685. The average molecular weight is 321 g/mol. The number of likely N-dealkylation sites (tertiary alicyclic amines) is 1. The summed E-state index contributed by atoms with van der Waals surface area (Å²) in [4.78, 5) is 24.8. The molecule has 23 heavy (non-hydrogen) atoms. The summed E-state index contributed by atoms with van der Waals surface area (Å²) < 4.78 is 12.9. The second-order valence-electron chi connectivity index (χ2n) is 6.45. The molecular formula is C17H20FNO4. The molecule has 3 atom stereocenters. The molecule has 2 fully saturated rings. The van der Waals surface area contributed by atoms with E-state index in [0.29, 0.717) is 37.9 Å². The van der Waals surface area contributed by atoms with Gasteiger partial charge in [0, 0.05) is 13.1 Å². The highest BCUT2D eigenvalue weighted by atomic mass is 19.1. The molecule has 5 nitrogen and oxygen atoms in total. The highest BCUT2D eigenvalue weighted by Crippen LogP contribution is 2.41. The maximum absolute atomic E-state index is 12.9. The van der Waals surface area contributed by atoms with E-state index in [1.54, 1.807) is 17.0 Å². The van der Waals surface area contributed by atoms with Crippen LogP contribution in [0.25, 0.3) is 0 Å². The van der Waals surface area contributed by atoms with Gasteiger partial charge in [0.15, 0.2) is 0 Å². The molecule has 2 N–H and O–H groups in total. The van der Waals surface area contributed by atoms with Gasteiger partial charge in [0.2, 0.25) is 5.91 Å². The topological polar surface area (TPSA) is 77.8 Å². The molecule has 1 aliphatic heterocycles. The van der Waals surface area contributed by atoms with Crippen molar-refractivity contribution in [3.63, 3.8) is 0 Å². The minimum Gasteiger partial charge on any atom is -0.481 e. The zero-order valence-electron chi connectivity index (χ0n) is 12.7. The largest absolute Gasteiger partial charge is 0.481 e. The molecule has 1 heterocycles. The quantitative estimate of drug-likeness (QED) is 0.887. The summed E-state index contributed by atoms with van der Waals surface area (Å²) in [6.45, 7) is 1.06. The van der Waals surface area contributed by atoms with E-state index in [-0.39, 0.29) is 23.6 Å². The molecule has 0 spiro atoms. The SMILES string of the molecule is O=C(O)C1CC1C(=O)N1CCC(C(O)c2ccc(F)cc2)CC1. The zero-order chi connectivity index (χ0) is 16.6. The van der Waals surface area contributed by atoms with Gasteiger partial charge in [0.25, 0.3) is 0 Å². The number of hydrogen-bond acceptors (Lipinski definition) is 3. The van der Waals surface area contributed by atoms with Crippen molar-refractivity contribution in [3.8, 4) is 0 Å². The van der Waals surface area contributed by atoms with Gasteiger partial charge in [-0.2, -0.15) is 0 Å². The molecule has 124 valence electrons. The molecule has 1 aromatic carbocycles. The molecule has 6 heteroatoms. The summed E-state index contributed by atoms with van der Waals surface area (Å²) in [6.07, 6.45) is 1.09. The fourth-order valence-corrected chi connectivity index (χ4v) is 3.34. The van der Waals surface area contributed by atoms with E-state index in [4.69, 9.17) is 5.11 Å². The minimum atomic E-state index is -0.898. The van der Waals surface area contributed by atoms with E-state index >= 15 is 0 Å². The predicted octanol–water partition coefficient (Wildman–Crippen LogP) is 1.82. The van der Waals surface area contributed by atoms with Gasteiger partial charge in [0.05, 0.1) is 17.9 Å². The Balaban J connectivity index is 1.53. The van der Waals surface area contributed by atoms with Crippen molar-refractivity contribution in [3.05, 3.63) is 35.6 Å². The normalized spacial score (nSPS) is 25.9. The van der Waals surface area contributed by atoms with E-state index in [9.17, 15) is 19.1 Å². The molecule has 0 aromatic heterocycles. The Labute approximate surface area is 133 Å². The third kappa shape index (κ3) is 3.37. The van der Waals surface area contributed by atoms with E-state index in [1.807, 2.05) is 0 Å². The summed E-state index contributed by atoms with van der Waals surface area (Å²) in [7, 11) is 0. The first-order chi connectivity index (χ1) is 11.0. The highest BCUT2D eigenvalue weighted by Gasteiger charge is 2.50. The Morgan fingerprint density at radius 1 is 1.13 bits per heavy atom. The van der Waals surface area contributed by atoms with Crippen LogP contribution in [-0.4, -0.2) is 40.1 Å². The van der Waals surface area contributed by atoms with Gasteiger partial charge in [0.1, 0.15) is 5.82 Å². The van der Waals surface area contributed by atoms with Gasteiger partial charge < -0.3 is 15.1 Å². The van der Waals surface area contributed by atoms with Crippen LogP contribution in [0.2, 0.25) is 0 Å². The molecule has 1 saturated carbocycles. The Morgan fingerprint density at radius 2 is 1.74 bits per heavy atom. The van der Waals surface area contributed by atoms with Crippen LogP contribution < -0.4 is 0 Å². The fraction of sp³-hybridized carbons (Fsp3) is 0.529. The van der Waals surface area contributed by atoms with E-state index < -0.39 is 18.0 Å². The third-order valence-corrected chi connectivity index (χ3v) is 4.93. The number of aliphatic hydroxyl groups is 1. The number of carbonyl (C=O) groups excluding carboxylic acids is 1. The van der Waals surface area contributed by atoms with Crippen LogP contribution in [0.15, 0.2) is 24.3 Å². The zero-order valence-corrected chi connectivity index (χ0v) is 12.7. The van der Waals surface area contributed by atoms with Crippen molar-refractivity contribution in [2.45, 2.75) is 25.4 Å². The number of benzene rings is 1. The summed E-state index contributed by atoms with van der Waals surface area (Å²) in [6, 6.07) is 5.82. The number of aliphatic carboxylic acids is 1. The monoisotopic (exact) mass is 321 g/mol. The number of carboxylic acids is 1. The number of carboxylic acid groups (broad SMARTS) is 1. The maximum atomic E-state index is 12.9. The molecule has 3 unspecified atom stereocenters. The van der Waals surface area contributed by atoms with Crippen molar-refractivity contribution in [2.24, 2.45) is 17.8 Å². The second-order valence-corrected chi connectivity index (χ2v) is 6.45. The lowest BCUT2D eigenvalue weighted by molar-refractivity contribution is -0.142. The van der Waals surface area contributed by atoms with Gasteiger partial charge >= 0.3 is 5.97 Å². The Hall–Kier alpha value is -1.95. The van der Waals surface area contributed by atoms with Crippen molar-refractivity contribution in [1.82, 2.24) is 4.90 Å². The number of rotatable bonds is 4. The average Bonchev–Trinajstić information content (AvgIpc) is 3.35. The van der Waals surface area contributed by atoms with Crippen molar-refractivity contribution in [2.75, 3.05) is 13.1 Å². The van der Waals surface area contributed by atoms with E-state index in [0.717, 1.165) is 0 Å². The number of piperidine rings is 1. The lowest BCUT2D eigenvalue weighted by Crippen LogP contribution is -2.41. The summed E-state index contributed by atoms with van der Waals surface area (Å²) in [5.74, 6) is -2.18. The molecule has 0 radical (unpaired) electrons. The molecule has 1 saturated heterocycles. The lowest BCUT2D eigenvalue weighted by Gasteiger charge is -2.34. The molecule has 1 amide bonds. The van der Waals surface area contributed by atoms with Crippen molar-refractivity contribution < 1.29 is 24.2 Å². The van der Waals surface area contributed by atoms with Crippen LogP contribution in [0.5, 0.6) is 0 Å². The first-order valence-electron chi connectivity index (χ1n) is 7.92. The Morgan fingerprint density at radius 3 is 2.26 bits per heavy atom. The molecule has 3 rings (SSSR count). The van der Waals surface area contributed by atoms with Crippen LogP contribution in [-0.2, 0) is 9.59 Å². The van der Waals surface area contributed by atoms with Gasteiger partial charge in [-0.15, -0.1) is 0 Å². The summed E-state index contributed by atoms with van der Waals surface area (Å²) >= 11 is 0. The van der Waals surface area contributed by atoms with Crippen LogP contribution in [0, 0.1) is 23.6 Å². The number of carbonyl (C=O) groups is 2. The number of hydrogen-bond donors (Lipinski definition) is 2. The third-order valence-electron chi connectivity index (χ3n) is 4.93. The number of amides is 1. The maximum Gasteiger partial charge on any atom is 0.307 e. The van der Waals surface area contributed by atoms with Gasteiger partial charge in [-0.25, -0.2) is 4.39 Å². The van der Waals surface area contributed by atoms with E-state index in [1.165, 1.54) is 12.1 Å². The van der Waals surface area contributed by atoms with Gasteiger partial charge in [-0.3, -0.25) is 9.59 Å². The number of halogens is 1. The Bertz CT molecular complexity index is 595. The number of nitrogens with zero attached hydrogens (tertiary/aromatic N) is 1. The van der Waals surface area contributed by atoms with Crippen LogP contribution in [0.1, 0.15) is 30.9 Å². The molecule has 2 aliphatic rings. The molecule has 0 bridgehead atoms. The highest BCUT2D eigenvalue weighted by molar-refractivity contribution is 5.89. The molecule has 1 aromatic rings. The van der Waals surface area contributed by atoms with Crippen molar-refractivity contribution in [1.29, 1.82) is 0 Å². The predicted molar refractivity (Wildman–Crippen MR) is 79.9 cm³/mol. The second kappa shape index (κ2) is 6.28. The smallest absolute Gasteiger partial charge is 0.307 e. The van der Waals surface area contributed by atoms with Crippen LogP contribution >= 0.6 is 0 Å². The Kier molecular flexibility index (Phi) is 4.35. The van der Waals surface area contributed by atoms with Gasteiger partial charge in [-0.1, -0.05) is 12.1 Å². The fourth-order valence-electron chi connectivity index (χ4n) is 3.34. The first kappa shape index (κ1) is 15.9. The van der Waals surface area contributed by atoms with Crippen LogP contribution in [0.3, 0.4) is 0 Å². The van der Waals surface area contributed by atoms with Gasteiger partial charge in [-0.05, 0) is 42.9 Å². The minimum absolute atomic E-state index is 0.0268. The molecule has 1 aliphatic carbocycles.